The molecule has 1 aliphatic rings. The van der Waals surface area contributed by atoms with Crippen molar-refractivity contribution in [3.05, 3.63) is 11.7 Å². The van der Waals surface area contributed by atoms with Gasteiger partial charge in [-0.05, 0) is 19.1 Å². The second-order valence-electron chi connectivity index (χ2n) is 4.51. The summed E-state index contributed by atoms with van der Waals surface area (Å²) in [6.07, 6.45) is 4.61. The number of aromatic nitrogens is 2. The minimum atomic E-state index is 0.206. The van der Waals surface area contributed by atoms with Crippen LogP contribution in [0.5, 0.6) is 0 Å². The number of likely N-dealkylation sites (tertiary alicyclic amines) is 1. The van der Waals surface area contributed by atoms with E-state index in [1.165, 1.54) is 0 Å². The van der Waals surface area contributed by atoms with E-state index in [1.807, 2.05) is 18.1 Å². The standard InChI is InChI=1S/C12H19N3O2S/c1-3-11(16)15-6-4-5-9(7-15)12-13-10(8-18-2)14-17-12/h9H,3-8H2,1-2H3. The molecule has 5 nitrogen and oxygen atoms in total. The SMILES string of the molecule is CCC(=O)N1CCCC(c2nc(CSC)no2)C1. The molecular weight excluding hydrogens is 250 g/mol. The lowest BCUT2D eigenvalue weighted by atomic mass is 9.98. The lowest BCUT2D eigenvalue weighted by molar-refractivity contribution is -0.132. The fourth-order valence-electron chi connectivity index (χ4n) is 2.25. The van der Waals surface area contributed by atoms with Crippen LogP contribution >= 0.6 is 11.8 Å². The Labute approximate surface area is 111 Å². The minimum absolute atomic E-state index is 0.206. The van der Waals surface area contributed by atoms with Crippen molar-refractivity contribution in [3.63, 3.8) is 0 Å². The Morgan fingerprint density at radius 1 is 1.61 bits per heavy atom. The van der Waals surface area contributed by atoms with E-state index in [2.05, 4.69) is 10.1 Å². The first kappa shape index (κ1) is 13.4. The topological polar surface area (TPSA) is 59.2 Å². The van der Waals surface area contributed by atoms with E-state index >= 15 is 0 Å². The van der Waals surface area contributed by atoms with Crippen molar-refractivity contribution in [1.82, 2.24) is 15.0 Å². The quantitative estimate of drug-likeness (QED) is 0.837. The van der Waals surface area contributed by atoms with E-state index in [0.29, 0.717) is 18.9 Å². The lowest BCUT2D eigenvalue weighted by Crippen LogP contribution is -2.38. The number of thioether (sulfide) groups is 1. The highest BCUT2D eigenvalue weighted by atomic mass is 32.2. The molecule has 0 radical (unpaired) electrons. The highest BCUT2D eigenvalue weighted by molar-refractivity contribution is 7.97. The van der Waals surface area contributed by atoms with E-state index in [4.69, 9.17) is 4.52 Å². The predicted octanol–water partition coefficient (Wildman–Crippen LogP) is 2.05. The van der Waals surface area contributed by atoms with Crippen LogP contribution in [0.1, 0.15) is 43.8 Å². The van der Waals surface area contributed by atoms with Gasteiger partial charge < -0.3 is 9.42 Å². The molecule has 1 aromatic rings. The zero-order valence-corrected chi connectivity index (χ0v) is 11.7. The van der Waals surface area contributed by atoms with Crippen LogP contribution in [0.4, 0.5) is 0 Å². The largest absolute Gasteiger partial charge is 0.342 e. The molecule has 18 heavy (non-hydrogen) atoms. The Hall–Kier alpha value is -1.04. The number of piperidine rings is 1. The van der Waals surface area contributed by atoms with Gasteiger partial charge in [-0.1, -0.05) is 12.1 Å². The Kier molecular flexibility index (Phi) is 4.63. The molecular formula is C12H19N3O2S. The molecule has 2 heterocycles. The van der Waals surface area contributed by atoms with Gasteiger partial charge in [0, 0.05) is 19.5 Å². The molecule has 1 atom stereocenters. The fourth-order valence-corrected chi connectivity index (χ4v) is 2.63. The smallest absolute Gasteiger partial charge is 0.231 e. The normalized spacial score (nSPS) is 20.1. The summed E-state index contributed by atoms with van der Waals surface area (Å²) < 4.78 is 5.31. The van der Waals surface area contributed by atoms with Crippen molar-refractivity contribution < 1.29 is 9.32 Å². The molecule has 0 bridgehead atoms. The molecule has 1 aliphatic heterocycles. The number of carbonyl (C=O) groups excluding carboxylic acids is 1. The van der Waals surface area contributed by atoms with Crippen molar-refractivity contribution in [2.24, 2.45) is 0 Å². The average molecular weight is 269 g/mol. The summed E-state index contributed by atoms with van der Waals surface area (Å²) in [5.74, 6) is 2.62. The summed E-state index contributed by atoms with van der Waals surface area (Å²) in [6, 6.07) is 0. The van der Waals surface area contributed by atoms with Crippen molar-refractivity contribution in [2.75, 3.05) is 19.3 Å². The maximum atomic E-state index is 11.7. The third-order valence-electron chi connectivity index (χ3n) is 3.18. The van der Waals surface area contributed by atoms with Gasteiger partial charge in [-0.15, -0.1) is 0 Å². The van der Waals surface area contributed by atoms with E-state index < -0.39 is 0 Å². The Bertz CT molecular complexity index is 408. The van der Waals surface area contributed by atoms with Crippen LogP contribution < -0.4 is 0 Å². The van der Waals surface area contributed by atoms with Gasteiger partial charge >= 0.3 is 0 Å². The molecule has 1 fully saturated rings. The molecule has 0 spiro atoms. The minimum Gasteiger partial charge on any atom is -0.342 e. The third-order valence-corrected chi connectivity index (χ3v) is 3.73. The lowest BCUT2D eigenvalue weighted by Gasteiger charge is -2.30. The zero-order valence-electron chi connectivity index (χ0n) is 10.9. The molecule has 1 aromatic heterocycles. The second-order valence-corrected chi connectivity index (χ2v) is 5.38. The van der Waals surface area contributed by atoms with Gasteiger partial charge in [0.05, 0.1) is 11.7 Å². The van der Waals surface area contributed by atoms with Gasteiger partial charge in [-0.3, -0.25) is 4.79 Å². The Balaban J connectivity index is 2.01. The van der Waals surface area contributed by atoms with E-state index in [9.17, 15) is 4.79 Å². The van der Waals surface area contributed by atoms with Crippen molar-refractivity contribution >= 4 is 17.7 Å². The van der Waals surface area contributed by atoms with Crippen LogP contribution in [0, 0.1) is 0 Å². The van der Waals surface area contributed by atoms with Crippen LogP contribution in [0.3, 0.4) is 0 Å². The molecule has 2 rings (SSSR count). The summed E-state index contributed by atoms with van der Waals surface area (Å²) in [5.41, 5.74) is 0. The van der Waals surface area contributed by atoms with Crippen LogP contribution in [0.15, 0.2) is 4.52 Å². The van der Waals surface area contributed by atoms with Crippen molar-refractivity contribution in [1.29, 1.82) is 0 Å². The van der Waals surface area contributed by atoms with Crippen molar-refractivity contribution in [2.45, 2.75) is 37.9 Å². The van der Waals surface area contributed by atoms with Gasteiger partial charge in [0.1, 0.15) is 0 Å². The summed E-state index contributed by atoms with van der Waals surface area (Å²) in [7, 11) is 0. The molecule has 1 amide bonds. The number of rotatable bonds is 4. The Morgan fingerprint density at radius 2 is 2.44 bits per heavy atom. The van der Waals surface area contributed by atoms with E-state index in [1.54, 1.807) is 11.8 Å². The third kappa shape index (κ3) is 3.04. The van der Waals surface area contributed by atoms with E-state index in [-0.39, 0.29) is 11.8 Å². The monoisotopic (exact) mass is 269 g/mol. The molecule has 1 saturated heterocycles. The highest BCUT2D eigenvalue weighted by Crippen LogP contribution is 2.26. The molecule has 6 heteroatoms. The highest BCUT2D eigenvalue weighted by Gasteiger charge is 2.27. The fraction of sp³-hybridized carbons (Fsp3) is 0.750. The second kappa shape index (κ2) is 6.22. The molecule has 0 aliphatic carbocycles. The molecule has 0 saturated carbocycles. The number of hydrogen-bond acceptors (Lipinski definition) is 5. The average Bonchev–Trinajstić information content (AvgIpc) is 2.87. The zero-order chi connectivity index (χ0) is 13.0. The number of hydrogen-bond donors (Lipinski definition) is 0. The number of amides is 1. The summed E-state index contributed by atoms with van der Waals surface area (Å²) in [4.78, 5) is 18.0. The van der Waals surface area contributed by atoms with Gasteiger partial charge in [-0.25, -0.2) is 0 Å². The van der Waals surface area contributed by atoms with Crippen LogP contribution in [0.25, 0.3) is 0 Å². The predicted molar refractivity (Wildman–Crippen MR) is 70.4 cm³/mol. The van der Waals surface area contributed by atoms with Gasteiger partial charge in [0.25, 0.3) is 0 Å². The maximum absolute atomic E-state index is 11.7. The first-order chi connectivity index (χ1) is 8.74. The first-order valence-corrected chi connectivity index (χ1v) is 7.73. The summed E-state index contributed by atoms with van der Waals surface area (Å²) in [6.45, 7) is 3.47. The molecule has 1 unspecified atom stereocenters. The molecule has 0 N–H and O–H groups in total. The van der Waals surface area contributed by atoms with E-state index in [0.717, 1.165) is 31.0 Å². The summed E-state index contributed by atoms with van der Waals surface area (Å²) in [5, 5.41) is 3.96. The molecule has 100 valence electrons. The van der Waals surface area contributed by atoms with Crippen molar-refractivity contribution in [3.8, 4) is 0 Å². The summed E-state index contributed by atoms with van der Waals surface area (Å²) >= 11 is 1.67. The van der Waals surface area contributed by atoms with Crippen LogP contribution in [-0.2, 0) is 10.5 Å². The number of nitrogens with zero attached hydrogens (tertiary/aromatic N) is 3. The van der Waals surface area contributed by atoms with Gasteiger partial charge in [-0.2, -0.15) is 16.7 Å². The maximum Gasteiger partial charge on any atom is 0.231 e. The molecule has 0 aromatic carbocycles. The Morgan fingerprint density at radius 3 is 3.17 bits per heavy atom. The van der Waals surface area contributed by atoms with Crippen LogP contribution in [0.2, 0.25) is 0 Å². The number of carbonyl (C=O) groups is 1. The van der Waals surface area contributed by atoms with Gasteiger partial charge in [0.15, 0.2) is 5.82 Å². The first-order valence-electron chi connectivity index (χ1n) is 6.33. The van der Waals surface area contributed by atoms with Crippen LogP contribution in [-0.4, -0.2) is 40.3 Å². The van der Waals surface area contributed by atoms with Gasteiger partial charge in [0.2, 0.25) is 11.8 Å².